The Bertz CT molecular complexity index is 1600. The normalized spacial score (nSPS) is 12.2. The second kappa shape index (κ2) is 9.94. The molecule has 0 aliphatic heterocycles. The van der Waals surface area contributed by atoms with Gasteiger partial charge in [0, 0.05) is 36.3 Å². The molecule has 0 atom stereocenters. The topological polar surface area (TPSA) is 109 Å². The lowest BCUT2D eigenvalue weighted by atomic mass is 9.99. The Morgan fingerprint density at radius 1 is 1.16 bits per heavy atom. The summed E-state index contributed by atoms with van der Waals surface area (Å²) in [5, 5.41) is 16.2. The fourth-order valence-corrected chi connectivity index (χ4v) is 3.68. The van der Waals surface area contributed by atoms with Crippen molar-refractivity contribution in [3.63, 3.8) is 0 Å². The minimum absolute atomic E-state index is 0.183. The van der Waals surface area contributed by atoms with Crippen LogP contribution in [0, 0.1) is 17.1 Å². The van der Waals surface area contributed by atoms with Crippen molar-refractivity contribution in [2.45, 2.75) is 6.18 Å². The molecule has 0 aliphatic carbocycles. The van der Waals surface area contributed by atoms with Crippen molar-refractivity contribution in [1.82, 2.24) is 9.61 Å². The van der Waals surface area contributed by atoms with Crippen LogP contribution in [-0.2, 0) is 6.18 Å². The van der Waals surface area contributed by atoms with Gasteiger partial charge in [-0.1, -0.05) is 30.3 Å². The zero-order valence-electron chi connectivity index (χ0n) is 19.2. The van der Waals surface area contributed by atoms with Crippen LogP contribution in [-0.4, -0.2) is 28.8 Å². The maximum Gasteiger partial charge on any atom is 0.417 e. The van der Waals surface area contributed by atoms with Crippen LogP contribution in [0.25, 0.3) is 22.5 Å². The molecule has 37 heavy (non-hydrogen) atoms. The van der Waals surface area contributed by atoms with E-state index in [1.54, 1.807) is 36.4 Å². The van der Waals surface area contributed by atoms with Gasteiger partial charge in [-0.05, 0) is 30.3 Å². The Labute approximate surface area is 208 Å². The van der Waals surface area contributed by atoms with E-state index in [2.05, 4.69) is 15.4 Å². The van der Waals surface area contributed by atoms with Crippen molar-refractivity contribution in [1.29, 1.82) is 5.26 Å². The maximum absolute atomic E-state index is 14.9. The van der Waals surface area contributed by atoms with Crippen molar-refractivity contribution in [3.05, 3.63) is 94.9 Å². The molecule has 0 fully saturated rings. The molecule has 4 aromatic rings. The number of fused-ring (bicyclic) bond motifs is 1. The van der Waals surface area contributed by atoms with Crippen LogP contribution in [0.15, 0.2) is 71.9 Å². The van der Waals surface area contributed by atoms with Gasteiger partial charge in [-0.2, -0.15) is 23.5 Å². The number of nitrogens with two attached hydrogens (primary N) is 1. The fourth-order valence-electron chi connectivity index (χ4n) is 3.68. The highest BCUT2D eigenvalue weighted by molar-refractivity contribution is 6.09. The van der Waals surface area contributed by atoms with Crippen LogP contribution in [0.1, 0.15) is 27.0 Å². The lowest BCUT2D eigenvalue weighted by Gasteiger charge is -2.16. The predicted molar refractivity (Wildman–Crippen MR) is 131 cm³/mol. The average Bonchev–Trinajstić information content (AvgIpc) is 3.24. The number of carbonyl (C=O) groups excluding carboxylic acids is 1. The summed E-state index contributed by atoms with van der Waals surface area (Å²) >= 11 is 0. The third-order valence-electron chi connectivity index (χ3n) is 5.42. The van der Waals surface area contributed by atoms with Crippen LogP contribution < -0.4 is 11.1 Å². The van der Waals surface area contributed by atoms with E-state index in [-0.39, 0.29) is 17.5 Å². The number of rotatable bonds is 5. The third-order valence-corrected chi connectivity index (χ3v) is 5.42. The van der Waals surface area contributed by atoms with Gasteiger partial charge in [0.05, 0.1) is 27.9 Å². The molecule has 2 aromatic carbocycles. The molecule has 0 saturated heterocycles. The number of nitrogens with one attached hydrogen (secondary N) is 1. The van der Waals surface area contributed by atoms with E-state index in [9.17, 15) is 27.6 Å². The summed E-state index contributed by atoms with van der Waals surface area (Å²) in [6.45, 7) is 0. The highest BCUT2D eigenvalue weighted by Crippen LogP contribution is 2.36. The monoisotopic (exact) mass is 506 g/mol. The smallest absolute Gasteiger partial charge is 0.398 e. The number of pyridine rings is 1. The second-order valence-electron chi connectivity index (χ2n) is 7.81. The number of aromatic nitrogens is 2. The highest BCUT2D eigenvalue weighted by atomic mass is 19.4. The van der Waals surface area contributed by atoms with Crippen molar-refractivity contribution >= 4 is 29.0 Å². The predicted octanol–water partition coefficient (Wildman–Crippen LogP) is 5.28. The molecule has 186 valence electrons. The molecule has 0 aliphatic rings. The van der Waals surface area contributed by atoms with Crippen LogP contribution >= 0.6 is 0 Å². The molecule has 7 nitrogen and oxygen atoms in total. The number of nitriles is 1. The first-order valence-electron chi connectivity index (χ1n) is 10.7. The van der Waals surface area contributed by atoms with Crippen molar-refractivity contribution in [3.8, 4) is 17.3 Å². The molecule has 0 unspecified atom stereocenters. The molecule has 3 N–H and O–H groups in total. The Morgan fingerprint density at radius 3 is 2.54 bits per heavy atom. The van der Waals surface area contributed by atoms with Gasteiger partial charge in [0.25, 0.3) is 5.91 Å². The van der Waals surface area contributed by atoms with Gasteiger partial charge in [-0.15, -0.1) is 0 Å². The number of hydrogen-bond acceptors (Lipinski definition) is 5. The number of halogens is 4. The fraction of sp³-hybridized carbons (Fsp3) is 0.0769. The van der Waals surface area contributed by atoms with E-state index in [0.29, 0.717) is 22.3 Å². The van der Waals surface area contributed by atoms with Gasteiger partial charge in [-0.3, -0.25) is 9.79 Å². The van der Waals surface area contributed by atoms with E-state index < -0.39 is 34.6 Å². The Morgan fingerprint density at radius 2 is 1.89 bits per heavy atom. The number of carbonyl (C=O) groups is 1. The third kappa shape index (κ3) is 5.04. The Kier molecular flexibility index (Phi) is 6.75. The van der Waals surface area contributed by atoms with Crippen LogP contribution in [0.4, 0.5) is 23.2 Å². The van der Waals surface area contributed by atoms with E-state index in [4.69, 9.17) is 5.73 Å². The molecule has 0 bridgehead atoms. The molecule has 2 heterocycles. The molecule has 0 radical (unpaired) electrons. The largest absolute Gasteiger partial charge is 0.417 e. The first-order valence-corrected chi connectivity index (χ1v) is 10.7. The molecule has 4 rings (SSSR count). The summed E-state index contributed by atoms with van der Waals surface area (Å²) in [5.74, 6) is -2.39. The molecule has 11 heteroatoms. The van der Waals surface area contributed by atoms with Crippen LogP contribution in [0.3, 0.4) is 0 Å². The van der Waals surface area contributed by atoms with Gasteiger partial charge >= 0.3 is 6.18 Å². The molecular formula is C26H18F4N6O. The van der Waals surface area contributed by atoms with Crippen LogP contribution in [0.5, 0.6) is 0 Å². The van der Waals surface area contributed by atoms with E-state index >= 15 is 0 Å². The second-order valence-corrected chi connectivity index (χ2v) is 7.81. The maximum atomic E-state index is 14.9. The summed E-state index contributed by atoms with van der Waals surface area (Å²) in [7, 11) is 1.40. The van der Waals surface area contributed by atoms with Gasteiger partial charge in [0.1, 0.15) is 17.6 Å². The van der Waals surface area contributed by atoms with Crippen molar-refractivity contribution < 1.29 is 22.4 Å². The van der Waals surface area contributed by atoms with Crippen LogP contribution in [0.2, 0.25) is 0 Å². The summed E-state index contributed by atoms with van der Waals surface area (Å²) < 4.78 is 57.1. The highest BCUT2D eigenvalue weighted by Gasteiger charge is 2.36. The summed E-state index contributed by atoms with van der Waals surface area (Å²) in [5.41, 5.74) is 4.72. The molecule has 0 spiro atoms. The minimum Gasteiger partial charge on any atom is -0.398 e. The number of allylic oxidation sites excluding steroid dienone is 1. The van der Waals surface area contributed by atoms with Crippen molar-refractivity contribution in [2.75, 3.05) is 12.4 Å². The Balaban J connectivity index is 1.85. The van der Waals surface area contributed by atoms with Gasteiger partial charge in [-0.25, -0.2) is 8.91 Å². The molecular weight excluding hydrogens is 488 g/mol. The quantitative estimate of drug-likeness (QED) is 0.283. The van der Waals surface area contributed by atoms with E-state index in [0.717, 1.165) is 12.1 Å². The zero-order valence-corrected chi connectivity index (χ0v) is 19.2. The minimum atomic E-state index is -4.92. The molecule has 2 aromatic heterocycles. The van der Waals surface area contributed by atoms with Crippen molar-refractivity contribution in [2.24, 2.45) is 10.7 Å². The van der Waals surface area contributed by atoms with E-state index in [1.807, 2.05) is 6.07 Å². The van der Waals surface area contributed by atoms with Gasteiger partial charge < -0.3 is 11.1 Å². The molecule has 0 saturated carbocycles. The number of aliphatic imine (C=N–C) groups is 1. The number of hydrogen-bond donors (Lipinski definition) is 2. The lowest BCUT2D eigenvalue weighted by molar-refractivity contribution is -0.138. The standard InChI is InChI=1S/C26H18F4N6O/c1-33-10-9-21(32)17-11-18(20(27)12-19(17)26(28,29)30)25(37)34-24-22-8-7-15(13-31)14-36(22)35-23(24)16-5-3-2-4-6-16/h2-12,14H,32H2,1H3,(H,34,37). The van der Waals surface area contributed by atoms with E-state index in [1.165, 1.54) is 30.0 Å². The number of amides is 1. The average molecular weight is 506 g/mol. The first kappa shape index (κ1) is 25.1. The first-order chi connectivity index (χ1) is 17.6. The number of alkyl halides is 3. The number of benzene rings is 2. The zero-order chi connectivity index (χ0) is 26.7. The summed E-state index contributed by atoms with van der Waals surface area (Å²) in [6, 6.07) is 14.8. The summed E-state index contributed by atoms with van der Waals surface area (Å²) in [6.07, 6.45) is -1.17. The number of anilines is 1. The summed E-state index contributed by atoms with van der Waals surface area (Å²) in [4.78, 5) is 16.9. The van der Waals surface area contributed by atoms with Gasteiger partial charge in [0.2, 0.25) is 0 Å². The number of nitrogens with zero attached hydrogens (tertiary/aromatic N) is 4. The van der Waals surface area contributed by atoms with Gasteiger partial charge in [0.15, 0.2) is 0 Å². The molecule has 1 amide bonds. The SMILES string of the molecule is CN=CC=C(N)c1cc(C(=O)Nc2c(-c3ccccc3)nn3cc(C#N)ccc23)c(F)cc1C(F)(F)F. The Hall–Kier alpha value is -4.98. The lowest BCUT2D eigenvalue weighted by Crippen LogP contribution is -2.18.